The summed E-state index contributed by atoms with van der Waals surface area (Å²) in [6.45, 7) is 0.111. The SMILES string of the molecule is O=C(O)N[C@@H](Cc1ccccc1)[C@H](O)C[C@H](Cc1ccc(-c2ccncc2)cc1)NC(=O)OCc1ccccc1. The summed E-state index contributed by atoms with van der Waals surface area (Å²) in [5, 5.41) is 25.9. The fourth-order valence-corrected chi connectivity index (χ4v) is 4.55. The fourth-order valence-electron chi connectivity index (χ4n) is 4.55. The molecule has 3 aromatic carbocycles. The number of ether oxygens (including phenoxy) is 1. The molecule has 206 valence electrons. The van der Waals surface area contributed by atoms with Crippen molar-refractivity contribution in [3.05, 3.63) is 126 Å². The summed E-state index contributed by atoms with van der Waals surface area (Å²) in [5.74, 6) is 0. The van der Waals surface area contributed by atoms with Gasteiger partial charge in [-0.05, 0) is 59.2 Å². The molecule has 0 aliphatic rings. The molecule has 4 rings (SSSR count). The summed E-state index contributed by atoms with van der Waals surface area (Å²) in [6, 6.07) is 29.2. The summed E-state index contributed by atoms with van der Waals surface area (Å²) >= 11 is 0. The number of aromatic nitrogens is 1. The van der Waals surface area contributed by atoms with Gasteiger partial charge in [0.1, 0.15) is 6.61 Å². The number of nitrogens with one attached hydrogen (secondary N) is 2. The topological polar surface area (TPSA) is 121 Å². The Morgan fingerprint density at radius 3 is 1.93 bits per heavy atom. The second-order valence-electron chi connectivity index (χ2n) is 9.59. The van der Waals surface area contributed by atoms with Crippen LogP contribution in [0.2, 0.25) is 0 Å². The van der Waals surface area contributed by atoms with Gasteiger partial charge in [-0.3, -0.25) is 4.98 Å². The minimum atomic E-state index is -1.22. The van der Waals surface area contributed by atoms with Crippen LogP contribution in [0.5, 0.6) is 0 Å². The van der Waals surface area contributed by atoms with Crippen LogP contribution in [0.1, 0.15) is 23.1 Å². The van der Waals surface area contributed by atoms with E-state index in [-0.39, 0.29) is 13.0 Å². The van der Waals surface area contributed by atoms with Crippen molar-refractivity contribution in [3.63, 3.8) is 0 Å². The highest BCUT2D eigenvalue weighted by molar-refractivity contribution is 5.68. The van der Waals surface area contributed by atoms with E-state index in [0.717, 1.165) is 27.8 Å². The molecule has 0 spiro atoms. The van der Waals surface area contributed by atoms with E-state index in [4.69, 9.17) is 4.74 Å². The van der Waals surface area contributed by atoms with Crippen LogP contribution in [-0.2, 0) is 24.2 Å². The van der Waals surface area contributed by atoms with Crippen LogP contribution >= 0.6 is 0 Å². The Morgan fingerprint density at radius 2 is 1.30 bits per heavy atom. The number of alkyl carbamates (subject to hydrolysis) is 1. The molecule has 0 radical (unpaired) electrons. The van der Waals surface area contributed by atoms with Gasteiger partial charge in [-0.15, -0.1) is 0 Å². The van der Waals surface area contributed by atoms with Crippen molar-refractivity contribution < 1.29 is 24.5 Å². The zero-order valence-electron chi connectivity index (χ0n) is 22.0. The lowest BCUT2D eigenvalue weighted by molar-refractivity contribution is 0.0955. The van der Waals surface area contributed by atoms with Gasteiger partial charge in [-0.2, -0.15) is 0 Å². The van der Waals surface area contributed by atoms with E-state index >= 15 is 0 Å². The average Bonchev–Trinajstić information content (AvgIpc) is 2.97. The molecule has 0 unspecified atom stereocenters. The molecule has 0 saturated carbocycles. The number of aliphatic hydroxyl groups excluding tert-OH is 1. The molecule has 1 heterocycles. The third-order valence-electron chi connectivity index (χ3n) is 6.58. The number of hydrogen-bond donors (Lipinski definition) is 4. The molecule has 8 heteroatoms. The number of carbonyl (C=O) groups excluding carboxylic acids is 1. The standard InChI is InChI=1S/C32H33N3O5/c36-30(29(35-31(37)38)20-23-7-3-1-4-8-23)21-28(34-32(39)40-22-25-9-5-2-6-10-25)19-24-11-13-26(14-12-24)27-15-17-33-18-16-27/h1-18,28-30,35-36H,19-22H2,(H,34,39)(H,37,38)/t28-,29-,30+/m0/s1. The highest BCUT2D eigenvalue weighted by atomic mass is 16.5. The Hall–Kier alpha value is -4.69. The molecular weight excluding hydrogens is 506 g/mol. The summed E-state index contributed by atoms with van der Waals surface area (Å²) in [7, 11) is 0. The highest BCUT2D eigenvalue weighted by Crippen LogP contribution is 2.20. The van der Waals surface area contributed by atoms with Gasteiger partial charge in [-0.25, -0.2) is 9.59 Å². The van der Waals surface area contributed by atoms with E-state index in [1.807, 2.05) is 97.1 Å². The molecule has 4 N–H and O–H groups in total. The monoisotopic (exact) mass is 539 g/mol. The van der Waals surface area contributed by atoms with Crippen molar-refractivity contribution in [1.82, 2.24) is 15.6 Å². The zero-order valence-corrected chi connectivity index (χ0v) is 22.0. The Labute approximate surface area is 233 Å². The summed E-state index contributed by atoms with van der Waals surface area (Å²) in [5.41, 5.74) is 4.77. The maximum Gasteiger partial charge on any atom is 0.407 e. The first-order valence-corrected chi connectivity index (χ1v) is 13.1. The van der Waals surface area contributed by atoms with Crippen LogP contribution in [0.4, 0.5) is 9.59 Å². The third kappa shape index (κ3) is 8.96. The minimum Gasteiger partial charge on any atom is -0.465 e. The van der Waals surface area contributed by atoms with Crippen molar-refractivity contribution in [3.8, 4) is 11.1 Å². The van der Waals surface area contributed by atoms with Gasteiger partial charge in [0.25, 0.3) is 0 Å². The Kier molecular flexibility index (Phi) is 10.2. The van der Waals surface area contributed by atoms with Gasteiger partial charge < -0.3 is 25.6 Å². The smallest absolute Gasteiger partial charge is 0.407 e. The number of carbonyl (C=O) groups is 2. The van der Waals surface area contributed by atoms with E-state index in [0.29, 0.717) is 12.8 Å². The van der Waals surface area contributed by atoms with Crippen LogP contribution in [-0.4, -0.2) is 45.6 Å². The maximum atomic E-state index is 12.7. The van der Waals surface area contributed by atoms with E-state index < -0.39 is 30.4 Å². The van der Waals surface area contributed by atoms with Crippen LogP contribution in [0, 0.1) is 0 Å². The lowest BCUT2D eigenvalue weighted by Crippen LogP contribution is -2.48. The Morgan fingerprint density at radius 1 is 0.725 bits per heavy atom. The quantitative estimate of drug-likeness (QED) is 0.196. The number of hydrogen-bond acceptors (Lipinski definition) is 5. The largest absolute Gasteiger partial charge is 0.465 e. The number of amides is 2. The molecule has 40 heavy (non-hydrogen) atoms. The molecule has 0 fully saturated rings. The molecule has 0 saturated heterocycles. The second-order valence-corrected chi connectivity index (χ2v) is 9.59. The summed E-state index contributed by atoms with van der Waals surface area (Å²) in [6.07, 6.45) is 1.42. The fraction of sp³-hybridized carbons (Fsp3) is 0.219. The van der Waals surface area contributed by atoms with Gasteiger partial charge in [0, 0.05) is 18.4 Å². The predicted molar refractivity (Wildman–Crippen MR) is 153 cm³/mol. The van der Waals surface area contributed by atoms with Crippen LogP contribution in [0.3, 0.4) is 0 Å². The molecule has 4 aromatic rings. The van der Waals surface area contributed by atoms with Gasteiger partial charge >= 0.3 is 12.2 Å². The molecule has 0 bridgehead atoms. The lowest BCUT2D eigenvalue weighted by atomic mass is 9.93. The lowest BCUT2D eigenvalue weighted by Gasteiger charge is -2.27. The van der Waals surface area contributed by atoms with Crippen molar-refractivity contribution in [2.45, 2.75) is 44.1 Å². The number of nitrogens with zero attached hydrogens (tertiary/aromatic N) is 1. The first-order chi connectivity index (χ1) is 19.5. The number of pyridine rings is 1. The van der Waals surface area contributed by atoms with Gasteiger partial charge in [0.2, 0.25) is 0 Å². The normalized spacial score (nSPS) is 13.0. The second kappa shape index (κ2) is 14.5. The average molecular weight is 540 g/mol. The first kappa shape index (κ1) is 28.3. The molecule has 1 aromatic heterocycles. The van der Waals surface area contributed by atoms with E-state index in [9.17, 15) is 19.8 Å². The highest BCUT2D eigenvalue weighted by Gasteiger charge is 2.26. The van der Waals surface area contributed by atoms with Gasteiger partial charge in [0.05, 0.1) is 12.1 Å². The van der Waals surface area contributed by atoms with E-state index in [2.05, 4.69) is 15.6 Å². The van der Waals surface area contributed by atoms with E-state index in [1.165, 1.54) is 0 Å². The summed E-state index contributed by atoms with van der Waals surface area (Å²) in [4.78, 5) is 28.3. The molecule has 0 aliphatic heterocycles. The van der Waals surface area contributed by atoms with E-state index in [1.54, 1.807) is 12.4 Å². The van der Waals surface area contributed by atoms with Crippen molar-refractivity contribution in [2.24, 2.45) is 0 Å². The maximum absolute atomic E-state index is 12.7. The molecule has 2 amide bonds. The molecule has 0 aliphatic carbocycles. The third-order valence-corrected chi connectivity index (χ3v) is 6.58. The number of aliphatic hydroxyl groups is 1. The number of rotatable bonds is 12. The van der Waals surface area contributed by atoms with Crippen LogP contribution in [0.25, 0.3) is 11.1 Å². The zero-order chi connectivity index (χ0) is 28.2. The first-order valence-electron chi connectivity index (χ1n) is 13.1. The number of carboxylic acid groups (broad SMARTS) is 1. The van der Waals surface area contributed by atoms with Crippen molar-refractivity contribution in [2.75, 3.05) is 0 Å². The van der Waals surface area contributed by atoms with Crippen molar-refractivity contribution >= 4 is 12.2 Å². The van der Waals surface area contributed by atoms with Gasteiger partial charge in [0.15, 0.2) is 0 Å². The van der Waals surface area contributed by atoms with Crippen LogP contribution in [0.15, 0.2) is 109 Å². The molecular formula is C32H33N3O5. The number of benzene rings is 3. The molecule has 8 nitrogen and oxygen atoms in total. The minimum absolute atomic E-state index is 0.111. The van der Waals surface area contributed by atoms with Crippen LogP contribution < -0.4 is 10.6 Å². The van der Waals surface area contributed by atoms with Gasteiger partial charge in [-0.1, -0.05) is 84.9 Å². The van der Waals surface area contributed by atoms with Crippen molar-refractivity contribution in [1.29, 1.82) is 0 Å². The molecule has 3 atom stereocenters. The Bertz CT molecular complexity index is 1340. The predicted octanol–water partition coefficient (Wildman–Crippen LogP) is 5.22. The summed E-state index contributed by atoms with van der Waals surface area (Å²) < 4.78 is 5.43. The Balaban J connectivity index is 1.47.